The second-order valence-electron chi connectivity index (χ2n) is 5.43. The van der Waals surface area contributed by atoms with Crippen molar-refractivity contribution in [3.63, 3.8) is 0 Å². The van der Waals surface area contributed by atoms with Crippen LogP contribution in [-0.2, 0) is 11.3 Å². The highest BCUT2D eigenvalue weighted by Crippen LogP contribution is 2.28. The van der Waals surface area contributed by atoms with Crippen molar-refractivity contribution in [1.29, 1.82) is 0 Å². The van der Waals surface area contributed by atoms with Crippen LogP contribution in [0.2, 0.25) is 5.02 Å². The number of hydrogen-bond acceptors (Lipinski definition) is 4. The number of hydrogen-bond donors (Lipinski definition) is 0. The highest BCUT2D eigenvalue weighted by atomic mass is 35.5. The van der Waals surface area contributed by atoms with E-state index in [-0.39, 0.29) is 5.69 Å². The van der Waals surface area contributed by atoms with E-state index in [2.05, 4.69) is 4.98 Å². The molecule has 0 spiro atoms. The van der Waals surface area contributed by atoms with Crippen molar-refractivity contribution < 1.29 is 14.3 Å². The van der Waals surface area contributed by atoms with Gasteiger partial charge in [0, 0.05) is 16.5 Å². The molecule has 0 atom stereocenters. The lowest BCUT2D eigenvalue weighted by Gasteiger charge is -2.11. The zero-order valence-electron chi connectivity index (χ0n) is 13.4. The molecule has 0 radical (unpaired) electrons. The fourth-order valence-electron chi connectivity index (χ4n) is 2.38. The highest BCUT2D eigenvalue weighted by Gasteiger charge is 2.13. The van der Waals surface area contributed by atoms with E-state index in [1.807, 2.05) is 49.4 Å². The van der Waals surface area contributed by atoms with Crippen LogP contribution in [0.15, 0.2) is 48.5 Å². The molecule has 0 amide bonds. The normalized spacial score (nSPS) is 10.6. The van der Waals surface area contributed by atoms with E-state index >= 15 is 0 Å². The zero-order valence-corrected chi connectivity index (χ0v) is 14.1. The van der Waals surface area contributed by atoms with E-state index in [0.29, 0.717) is 22.9 Å². The smallest absolute Gasteiger partial charge is 0.356 e. The molecule has 5 heteroatoms. The minimum Gasteiger partial charge on any atom is -0.488 e. The summed E-state index contributed by atoms with van der Waals surface area (Å²) in [7, 11) is 1.33. The standard InChI is InChI=1S/C19H16ClNO3/c1-12-3-8-16-15(9-12)18(10-17(21-16)19(22)23-2)24-11-13-4-6-14(20)7-5-13/h3-10H,11H2,1-2H3. The van der Waals surface area contributed by atoms with E-state index in [0.717, 1.165) is 16.5 Å². The topological polar surface area (TPSA) is 48.4 Å². The van der Waals surface area contributed by atoms with Crippen LogP contribution in [0, 0.1) is 6.92 Å². The molecule has 122 valence electrons. The first-order chi connectivity index (χ1) is 11.6. The number of ether oxygens (including phenoxy) is 2. The molecule has 24 heavy (non-hydrogen) atoms. The van der Waals surface area contributed by atoms with Gasteiger partial charge in [0.1, 0.15) is 12.4 Å². The summed E-state index contributed by atoms with van der Waals surface area (Å²) in [6.07, 6.45) is 0. The molecule has 1 heterocycles. The Morgan fingerprint density at radius 1 is 1.12 bits per heavy atom. The molecule has 0 fully saturated rings. The number of esters is 1. The summed E-state index contributed by atoms with van der Waals surface area (Å²) in [4.78, 5) is 16.2. The second-order valence-corrected chi connectivity index (χ2v) is 5.87. The number of nitrogens with zero attached hydrogens (tertiary/aromatic N) is 1. The lowest BCUT2D eigenvalue weighted by Crippen LogP contribution is -2.06. The van der Waals surface area contributed by atoms with Gasteiger partial charge in [-0.25, -0.2) is 9.78 Å². The Kier molecular flexibility index (Phi) is 4.67. The third kappa shape index (κ3) is 3.49. The van der Waals surface area contributed by atoms with E-state index in [1.54, 1.807) is 6.07 Å². The first-order valence-electron chi connectivity index (χ1n) is 7.44. The lowest BCUT2D eigenvalue weighted by atomic mass is 10.1. The van der Waals surface area contributed by atoms with Crippen LogP contribution in [-0.4, -0.2) is 18.1 Å². The number of halogens is 1. The minimum absolute atomic E-state index is 0.222. The first-order valence-corrected chi connectivity index (χ1v) is 7.81. The predicted molar refractivity (Wildman–Crippen MR) is 93.6 cm³/mol. The maximum atomic E-state index is 11.8. The summed E-state index contributed by atoms with van der Waals surface area (Å²) < 4.78 is 10.7. The van der Waals surface area contributed by atoms with Gasteiger partial charge < -0.3 is 9.47 Å². The van der Waals surface area contributed by atoms with Gasteiger partial charge in [-0.15, -0.1) is 0 Å². The van der Waals surface area contributed by atoms with Gasteiger partial charge in [-0.05, 0) is 36.8 Å². The SMILES string of the molecule is COC(=O)c1cc(OCc2ccc(Cl)cc2)c2cc(C)ccc2n1. The molecule has 3 rings (SSSR count). The van der Waals surface area contributed by atoms with Crippen molar-refractivity contribution in [3.8, 4) is 5.75 Å². The Bertz CT molecular complexity index is 891. The van der Waals surface area contributed by atoms with Gasteiger partial charge in [0.25, 0.3) is 0 Å². The largest absolute Gasteiger partial charge is 0.488 e. The average Bonchev–Trinajstić information content (AvgIpc) is 2.60. The van der Waals surface area contributed by atoms with E-state index in [4.69, 9.17) is 21.1 Å². The summed E-state index contributed by atoms with van der Waals surface area (Å²) >= 11 is 5.90. The third-order valence-corrected chi connectivity index (χ3v) is 3.88. The Balaban J connectivity index is 1.98. The number of aromatic nitrogens is 1. The lowest BCUT2D eigenvalue weighted by molar-refractivity contribution is 0.0594. The summed E-state index contributed by atoms with van der Waals surface area (Å²) in [5.41, 5.74) is 2.98. The monoisotopic (exact) mass is 341 g/mol. The van der Waals surface area contributed by atoms with Gasteiger partial charge in [-0.1, -0.05) is 35.4 Å². The number of carbonyl (C=O) groups excluding carboxylic acids is 1. The molecule has 0 N–H and O–H groups in total. The predicted octanol–water partition coefficient (Wildman–Crippen LogP) is 4.56. The Hall–Kier alpha value is -2.59. The number of rotatable bonds is 4. The second kappa shape index (κ2) is 6.89. The fourth-order valence-corrected chi connectivity index (χ4v) is 2.50. The molecule has 1 aromatic heterocycles. The zero-order chi connectivity index (χ0) is 17.1. The maximum Gasteiger partial charge on any atom is 0.356 e. The molecular weight excluding hydrogens is 326 g/mol. The number of benzene rings is 2. The van der Waals surface area contributed by atoms with Crippen molar-refractivity contribution in [1.82, 2.24) is 4.98 Å². The summed E-state index contributed by atoms with van der Waals surface area (Å²) in [6.45, 7) is 2.36. The van der Waals surface area contributed by atoms with Gasteiger partial charge in [-0.3, -0.25) is 0 Å². The van der Waals surface area contributed by atoms with Gasteiger partial charge in [0.2, 0.25) is 0 Å². The van der Waals surface area contributed by atoms with Gasteiger partial charge >= 0.3 is 5.97 Å². The van der Waals surface area contributed by atoms with Crippen molar-refractivity contribution >= 4 is 28.5 Å². The van der Waals surface area contributed by atoms with Crippen molar-refractivity contribution in [2.75, 3.05) is 7.11 Å². The fraction of sp³-hybridized carbons (Fsp3) is 0.158. The maximum absolute atomic E-state index is 11.8. The molecule has 0 aliphatic heterocycles. The number of pyridine rings is 1. The van der Waals surface area contributed by atoms with Crippen LogP contribution < -0.4 is 4.74 Å². The average molecular weight is 342 g/mol. The number of methoxy groups -OCH3 is 1. The van der Waals surface area contributed by atoms with Crippen LogP contribution >= 0.6 is 11.6 Å². The molecule has 0 saturated carbocycles. The number of carbonyl (C=O) groups is 1. The van der Waals surface area contributed by atoms with Crippen molar-refractivity contribution in [2.45, 2.75) is 13.5 Å². The molecule has 0 bridgehead atoms. The van der Waals surface area contributed by atoms with Gasteiger partial charge in [0.05, 0.1) is 12.6 Å². The molecule has 2 aromatic carbocycles. The summed E-state index contributed by atoms with van der Waals surface area (Å²) in [6, 6.07) is 14.8. The molecule has 0 saturated heterocycles. The van der Waals surface area contributed by atoms with Crippen LogP contribution in [0.3, 0.4) is 0 Å². The summed E-state index contributed by atoms with van der Waals surface area (Å²) in [5, 5.41) is 1.54. The Morgan fingerprint density at radius 2 is 1.88 bits per heavy atom. The minimum atomic E-state index is -0.492. The Morgan fingerprint density at radius 3 is 2.58 bits per heavy atom. The molecular formula is C19H16ClNO3. The number of aryl methyl sites for hydroxylation is 1. The molecule has 0 aliphatic rings. The van der Waals surface area contributed by atoms with Crippen LogP contribution in [0.5, 0.6) is 5.75 Å². The highest BCUT2D eigenvalue weighted by molar-refractivity contribution is 6.30. The van der Waals surface area contributed by atoms with Crippen LogP contribution in [0.1, 0.15) is 21.6 Å². The summed E-state index contributed by atoms with van der Waals surface area (Å²) in [5.74, 6) is 0.105. The quantitative estimate of drug-likeness (QED) is 0.652. The van der Waals surface area contributed by atoms with E-state index in [1.165, 1.54) is 7.11 Å². The third-order valence-electron chi connectivity index (χ3n) is 3.63. The molecule has 0 aliphatic carbocycles. The molecule has 4 nitrogen and oxygen atoms in total. The van der Waals surface area contributed by atoms with Crippen molar-refractivity contribution in [2.24, 2.45) is 0 Å². The molecule has 0 unspecified atom stereocenters. The number of fused-ring (bicyclic) bond motifs is 1. The van der Waals surface area contributed by atoms with Crippen molar-refractivity contribution in [3.05, 3.63) is 70.4 Å². The van der Waals surface area contributed by atoms with E-state index < -0.39 is 5.97 Å². The first kappa shape index (κ1) is 16.3. The van der Waals surface area contributed by atoms with E-state index in [9.17, 15) is 4.79 Å². The molecule has 3 aromatic rings. The van der Waals surface area contributed by atoms with Gasteiger partial charge in [-0.2, -0.15) is 0 Å². The van der Waals surface area contributed by atoms with Gasteiger partial charge in [0.15, 0.2) is 5.69 Å². The Labute approximate surface area is 145 Å². The van der Waals surface area contributed by atoms with Crippen LogP contribution in [0.25, 0.3) is 10.9 Å². The van der Waals surface area contributed by atoms with Crippen LogP contribution in [0.4, 0.5) is 0 Å².